The zero-order valence-corrected chi connectivity index (χ0v) is 18.4. The normalized spacial score (nSPS) is 17.1. The van der Waals surface area contributed by atoms with Gasteiger partial charge < -0.3 is 5.32 Å². The number of carbonyl (C=O) groups excluding carboxylic acids is 2. The molecule has 3 aromatic rings. The number of rotatable bonds is 5. The van der Waals surface area contributed by atoms with Gasteiger partial charge in [-0.05, 0) is 48.4 Å². The van der Waals surface area contributed by atoms with Crippen molar-refractivity contribution in [2.75, 3.05) is 10.2 Å². The van der Waals surface area contributed by atoms with E-state index in [4.69, 9.17) is 11.6 Å². The SMILES string of the molecule is N#C/C(C(=O)Nc1ccc(Cl)cc1)=C1/SC(Cc2ccccc2)C(=O)N1c1ccccc1. The lowest BCUT2D eigenvalue weighted by Gasteiger charge is -2.18. The number of anilines is 2. The van der Waals surface area contributed by atoms with Crippen molar-refractivity contribution in [1.82, 2.24) is 0 Å². The van der Waals surface area contributed by atoms with Gasteiger partial charge in [-0.25, -0.2) is 0 Å². The van der Waals surface area contributed by atoms with Crippen molar-refractivity contribution in [1.29, 1.82) is 5.26 Å². The summed E-state index contributed by atoms with van der Waals surface area (Å²) in [6.07, 6.45) is 0.495. The van der Waals surface area contributed by atoms with E-state index in [-0.39, 0.29) is 11.5 Å². The molecular weight excluding hydrogens is 442 g/mol. The van der Waals surface area contributed by atoms with Gasteiger partial charge in [-0.2, -0.15) is 5.26 Å². The third-order valence-electron chi connectivity index (χ3n) is 4.89. The maximum atomic E-state index is 13.4. The second-order valence-corrected chi connectivity index (χ2v) is 8.69. The van der Waals surface area contributed by atoms with Gasteiger partial charge in [-0.3, -0.25) is 14.5 Å². The third kappa shape index (κ3) is 4.70. The molecule has 1 heterocycles. The first-order valence-electron chi connectivity index (χ1n) is 9.87. The molecule has 0 aromatic heterocycles. The van der Waals surface area contributed by atoms with Crippen LogP contribution in [0.15, 0.2) is 95.5 Å². The predicted molar refractivity (Wildman–Crippen MR) is 128 cm³/mol. The van der Waals surface area contributed by atoms with Gasteiger partial charge in [0, 0.05) is 16.4 Å². The number of hydrogen-bond acceptors (Lipinski definition) is 4. The highest BCUT2D eigenvalue weighted by Gasteiger charge is 2.40. The van der Waals surface area contributed by atoms with E-state index in [0.29, 0.717) is 27.8 Å². The smallest absolute Gasteiger partial charge is 0.269 e. The van der Waals surface area contributed by atoms with E-state index in [0.717, 1.165) is 5.56 Å². The molecule has 5 nitrogen and oxygen atoms in total. The summed E-state index contributed by atoms with van der Waals surface area (Å²) in [4.78, 5) is 27.8. The van der Waals surface area contributed by atoms with Crippen LogP contribution in [0.5, 0.6) is 0 Å². The Hall–Kier alpha value is -3.53. The van der Waals surface area contributed by atoms with Gasteiger partial charge in [0.25, 0.3) is 5.91 Å². The van der Waals surface area contributed by atoms with E-state index >= 15 is 0 Å². The Kier molecular flexibility index (Phi) is 6.60. The number of para-hydroxylation sites is 1. The standard InChI is InChI=1S/C25H18ClN3O2S/c26-18-11-13-19(14-12-18)28-23(30)21(16-27)25-29(20-9-5-2-6-10-20)24(31)22(32-25)15-17-7-3-1-4-8-17/h1-14,22H,15H2,(H,28,30)/b25-21-. The molecule has 1 saturated heterocycles. The van der Waals surface area contributed by atoms with E-state index < -0.39 is 11.2 Å². The van der Waals surface area contributed by atoms with Crippen molar-refractivity contribution in [2.45, 2.75) is 11.7 Å². The van der Waals surface area contributed by atoms with E-state index in [1.54, 1.807) is 36.4 Å². The molecule has 1 unspecified atom stereocenters. The van der Waals surface area contributed by atoms with Crippen LogP contribution in [0, 0.1) is 11.3 Å². The molecule has 0 saturated carbocycles. The molecule has 0 aliphatic carbocycles. The summed E-state index contributed by atoms with van der Waals surface area (Å²) in [5.74, 6) is -0.737. The number of nitriles is 1. The van der Waals surface area contributed by atoms with E-state index in [1.807, 2.05) is 54.6 Å². The highest BCUT2D eigenvalue weighted by atomic mass is 35.5. The molecular formula is C25H18ClN3O2S. The van der Waals surface area contributed by atoms with E-state index in [2.05, 4.69) is 5.32 Å². The van der Waals surface area contributed by atoms with Crippen LogP contribution < -0.4 is 10.2 Å². The topological polar surface area (TPSA) is 73.2 Å². The highest BCUT2D eigenvalue weighted by Crippen LogP contribution is 2.42. The molecule has 4 rings (SSSR count). The molecule has 0 spiro atoms. The van der Waals surface area contributed by atoms with E-state index in [9.17, 15) is 14.9 Å². The van der Waals surface area contributed by atoms with Crippen LogP contribution in [-0.4, -0.2) is 17.1 Å². The molecule has 32 heavy (non-hydrogen) atoms. The summed E-state index contributed by atoms with van der Waals surface area (Å²) in [5, 5.41) is 13.0. The summed E-state index contributed by atoms with van der Waals surface area (Å²) in [6, 6.07) is 27.3. The zero-order chi connectivity index (χ0) is 22.5. The van der Waals surface area contributed by atoms with Gasteiger partial charge in [0.1, 0.15) is 16.7 Å². The molecule has 158 valence electrons. The fraction of sp³-hybridized carbons (Fsp3) is 0.0800. The first-order chi connectivity index (χ1) is 15.6. The molecule has 7 heteroatoms. The van der Waals surface area contributed by atoms with Gasteiger partial charge in [-0.1, -0.05) is 71.9 Å². The molecule has 1 atom stereocenters. The molecule has 2 amide bonds. The van der Waals surface area contributed by atoms with Crippen LogP contribution in [-0.2, 0) is 16.0 Å². The Labute approximate surface area is 195 Å². The molecule has 1 fully saturated rings. The minimum absolute atomic E-state index is 0.113. The van der Waals surface area contributed by atoms with Crippen molar-refractivity contribution in [3.63, 3.8) is 0 Å². The summed E-state index contributed by atoms with van der Waals surface area (Å²) in [7, 11) is 0. The maximum absolute atomic E-state index is 13.4. The number of halogens is 1. The summed E-state index contributed by atoms with van der Waals surface area (Å²) >= 11 is 7.15. The first-order valence-corrected chi connectivity index (χ1v) is 11.1. The maximum Gasteiger partial charge on any atom is 0.269 e. The van der Waals surface area contributed by atoms with Crippen molar-refractivity contribution in [3.05, 3.63) is 106 Å². The second-order valence-electron chi connectivity index (χ2n) is 7.06. The van der Waals surface area contributed by atoms with Crippen LogP contribution >= 0.6 is 23.4 Å². The van der Waals surface area contributed by atoms with Crippen molar-refractivity contribution in [2.24, 2.45) is 0 Å². The zero-order valence-electron chi connectivity index (χ0n) is 16.9. The fourth-order valence-corrected chi connectivity index (χ4v) is 4.79. The molecule has 3 aromatic carbocycles. The minimum atomic E-state index is -0.577. The molecule has 0 bridgehead atoms. The van der Waals surface area contributed by atoms with Crippen LogP contribution in [0.1, 0.15) is 5.56 Å². The number of amides is 2. The quantitative estimate of drug-likeness (QED) is 0.409. The third-order valence-corrected chi connectivity index (χ3v) is 6.40. The lowest BCUT2D eigenvalue weighted by Crippen LogP contribution is -2.30. The largest absolute Gasteiger partial charge is 0.321 e. The van der Waals surface area contributed by atoms with Gasteiger partial charge in [0.05, 0.1) is 5.25 Å². The van der Waals surface area contributed by atoms with E-state index in [1.165, 1.54) is 16.7 Å². The van der Waals surface area contributed by atoms with Gasteiger partial charge in [0.2, 0.25) is 5.91 Å². The number of thioether (sulfide) groups is 1. The number of benzene rings is 3. The average molecular weight is 460 g/mol. The number of carbonyl (C=O) groups is 2. The Morgan fingerprint density at radius 1 is 1.00 bits per heavy atom. The molecule has 1 aliphatic heterocycles. The van der Waals surface area contributed by atoms with Crippen molar-refractivity contribution in [3.8, 4) is 6.07 Å². The highest BCUT2D eigenvalue weighted by molar-refractivity contribution is 8.05. The van der Waals surface area contributed by atoms with Crippen LogP contribution in [0.2, 0.25) is 5.02 Å². The number of nitrogens with zero attached hydrogens (tertiary/aromatic N) is 2. The second kappa shape index (κ2) is 9.73. The number of nitrogens with one attached hydrogen (secondary N) is 1. The summed E-state index contributed by atoms with van der Waals surface area (Å²) in [6.45, 7) is 0. The molecule has 1 aliphatic rings. The molecule has 0 radical (unpaired) electrons. The lowest BCUT2D eigenvalue weighted by molar-refractivity contribution is -0.117. The van der Waals surface area contributed by atoms with Crippen LogP contribution in [0.3, 0.4) is 0 Å². The van der Waals surface area contributed by atoms with Crippen LogP contribution in [0.25, 0.3) is 0 Å². The van der Waals surface area contributed by atoms with Crippen molar-refractivity contribution < 1.29 is 9.59 Å². The molecule has 1 N–H and O–H groups in total. The first kappa shape index (κ1) is 21.7. The van der Waals surface area contributed by atoms with Gasteiger partial charge in [-0.15, -0.1) is 0 Å². The Morgan fingerprint density at radius 2 is 1.62 bits per heavy atom. The van der Waals surface area contributed by atoms with Crippen LogP contribution in [0.4, 0.5) is 11.4 Å². The Bertz CT molecular complexity index is 1210. The number of hydrogen-bond donors (Lipinski definition) is 1. The minimum Gasteiger partial charge on any atom is -0.321 e. The van der Waals surface area contributed by atoms with Gasteiger partial charge >= 0.3 is 0 Å². The average Bonchev–Trinajstić information content (AvgIpc) is 3.12. The summed E-state index contributed by atoms with van der Waals surface area (Å²) < 4.78 is 0. The van der Waals surface area contributed by atoms with Crippen molar-refractivity contribution >= 4 is 46.6 Å². The predicted octanol–water partition coefficient (Wildman–Crippen LogP) is 5.40. The summed E-state index contributed by atoms with van der Waals surface area (Å²) in [5.41, 5.74) is 2.02. The Balaban J connectivity index is 1.70. The van der Waals surface area contributed by atoms with Gasteiger partial charge in [0.15, 0.2) is 0 Å². The fourth-order valence-electron chi connectivity index (χ4n) is 3.35. The lowest BCUT2D eigenvalue weighted by atomic mass is 10.1. The monoisotopic (exact) mass is 459 g/mol. The Morgan fingerprint density at radius 3 is 2.25 bits per heavy atom.